The Morgan fingerprint density at radius 2 is 2.14 bits per heavy atom. The summed E-state index contributed by atoms with van der Waals surface area (Å²) in [7, 11) is 0. The molecule has 36 heavy (non-hydrogen) atoms. The Morgan fingerprint density at radius 1 is 1.33 bits per heavy atom. The molecule has 1 unspecified atom stereocenters. The largest absolute Gasteiger partial charge is 0.316 e. The number of thioether (sulfide) groups is 1. The van der Waals surface area contributed by atoms with Crippen molar-refractivity contribution >= 4 is 45.3 Å². The van der Waals surface area contributed by atoms with E-state index >= 15 is 0 Å². The number of aryl methyl sites for hydroxylation is 1. The third kappa shape index (κ3) is 5.56. The molecule has 3 aromatic heterocycles. The summed E-state index contributed by atoms with van der Waals surface area (Å²) in [6, 6.07) is 4.54. The Balaban J connectivity index is 1.45. The molecular weight excluding hydrogens is 507 g/mol. The van der Waals surface area contributed by atoms with Crippen LogP contribution in [-0.2, 0) is 30.6 Å². The number of anilines is 1. The van der Waals surface area contributed by atoms with Crippen LogP contribution in [0.3, 0.4) is 0 Å². The quantitative estimate of drug-likeness (QED) is 0.275. The fraction of sp³-hybridized carbons (Fsp3) is 0.556. The lowest BCUT2D eigenvalue weighted by atomic mass is 9.69. The molecule has 6 nitrogen and oxygen atoms in total. The highest BCUT2D eigenvalue weighted by Crippen LogP contribution is 2.45. The molecule has 0 radical (unpaired) electrons. The second-order valence-corrected chi connectivity index (χ2v) is 13.1. The number of carbonyl (C=O) groups excluding carboxylic acids is 1. The lowest BCUT2D eigenvalue weighted by Gasteiger charge is -2.36. The molecule has 0 saturated heterocycles. The van der Waals surface area contributed by atoms with E-state index in [-0.39, 0.29) is 17.1 Å². The summed E-state index contributed by atoms with van der Waals surface area (Å²) in [6.45, 7) is 12.0. The minimum Gasteiger partial charge on any atom is -0.316 e. The third-order valence-corrected chi connectivity index (χ3v) is 10.6. The van der Waals surface area contributed by atoms with Gasteiger partial charge in [-0.2, -0.15) is 5.26 Å². The van der Waals surface area contributed by atoms with E-state index < -0.39 is 0 Å². The van der Waals surface area contributed by atoms with E-state index in [9.17, 15) is 10.1 Å². The molecule has 1 N–H and O–H groups in total. The molecule has 1 amide bonds. The van der Waals surface area contributed by atoms with Crippen LogP contribution in [0.25, 0.3) is 11.4 Å². The summed E-state index contributed by atoms with van der Waals surface area (Å²) < 4.78 is 2.11. The van der Waals surface area contributed by atoms with Crippen molar-refractivity contribution in [3.63, 3.8) is 0 Å². The first-order chi connectivity index (χ1) is 17.3. The van der Waals surface area contributed by atoms with Crippen molar-refractivity contribution in [1.82, 2.24) is 14.8 Å². The van der Waals surface area contributed by atoms with Gasteiger partial charge in [0.05, 0.1) is 11.3 Å². The molecule has 0 saturated carbocycles. The highest BCUT2D eigenvalue weighted by atomic mass is 32.2. The van der Waals surface area contributed by atoms with Crippen molar-refractivity contribution in [2.45, 2.75) is 84.8 Å². The van der Waals surface area contributed by atoms with Crippen molar-refractivity contribution in [1.29, 1.82) is 5.26 Å². The molecule has 0 bridgehead atoms. The number of nitriles is 1. The minimum absolute atomic E-state index is 0.114. The average molecular weight is 542 g/mol. The fourth-order valence-corrected chi connectivity index (χ4v) is 7.63. The van der Waals surface area contributed by atoms with E-state index in [4.69, 9.17) is 0 Å². The van der Waals surface area contributed by atoms with Gasteiger partial charge in [0.15, 0.2) is 11.0 Å². The number of hydrogen-bond donors (Lipinski definition) is 1. The van der Waals surface area contributed by atoms with Gasteiger partial charge in [0.2, 0.25) is 5.91 Å². The van der Waals surface area contributed by atoms with Crippen molar-refractivity contribution in [3.8, 4) is 17.5 Å². The Labute approximate surface area is 226 Å². The number of fused-ring (bicyclic) bond motifs is 1. The van der Waals surface area contributed by atoms with Crippen LogP contribution in [0.5, 0.6) is 0 Å². The first kappa shape index (κ1) is 26.9. The summed E-state index contributed by atoms with van der Waals surface area (Å²) >= 11 is 4.73. The molecule has 3 aromatic rings. The van der Waals surface area contributed by atoms with Crippen molar-refractivity contribution in [2.75, 3.05) is 11.1 Å². The smallest absolute Gasteiger partial charge is 0.235 e. The number of nitrogens with zero attached hydrogens (tertiary/aromatic N) is 4. The summed E-state index contributed by atoms with van der Waals surface area (Å²) in [6.07, 6.45) is 6.10. The zero-order valence-electron chi connectivity index (χ0n) is 21.8. The normalized spacial score (nSPS) is 15.5. The summed E-state index contributed by atoms with van der Waals surface area (Å²) in [5, 5.41) is 25.3. The number of rotatable bonds is 10. The van der Waals surface area contributed by atoms with E-state index in [0.29, 0.717) is 16.5 Å². The highest BCUT2D eigenvalue weighted by Gasteiger charge is 2.34. The van der Waals surface area contributed by atoms with Gasteiger partial charge >= 0.3 is 0 Å². The molecule has 4 rings (SSSR count). The van der Waals surface area contributed by atoms with Crippen LogP contribution >= 0.6 is 34.4 Å². The molecule has 0 aliphatic heterocycles. The third-order valence-electron chi connectivity index (χ3n) is 7.40. The molecule has 9 heteroatoms. The van der Waals surface area contributed by atoms with Gasteiger partial charge in [-0.1, -0.05) is 52.8 Å². The fourth-order valence-electron chi connectivity index (χ4n) is 4.76. The van der Waals surface area contributed by atoms with Gasteiger partial charge in [-0.05, 0) is 55.1 Å². The number of nitrogens with one attached hydrogen (secondary N) is 1. The van der Waals surface area contributed by atoms with Crippen molar-refractivity contribution in [3.05, 3.63) is 32.3 Å². The van der Waals surface area contributed by atoms with Crippen LogP contribution in [0.2, 0.25) is 0 Å². The van der Waals surface area contributed by atoms with Gasteiger partial charge in [-0.3, -0.25) is 4.79 Å². The van der Waals surface area contributed by atoms with E-state index in [1.54, 1.807) is 22.7 Å². The van der Waals surface area contributed by atoms with Gasteiger partial charge in [0.1, 0.15) is 11.1 Å². The van der Waals surface area contributed by atoms with Crippen LogP contribution in [-0.4, -0.2) is 26.4 Å². The highest BCUT2D eigenvalue weighted by molar-refractivity contribution is 7.99. The number of thiophene rings is 2. The molecule has 3 heterocycles. The molecule has 0 aromatic carbocycles. The second kappa shape index (κ2) is 11.5. The van der Waals surface area contributed by atoms with E-state index in [2.05, 4.69) is 72.2 Å². The van der Waals surface area contributed by atoms with Gasteiger partial charge in [-0.15, -0.1) is 32.9 Å². The Kier molecular flexibility index (Phi) is 8.59. The predicted molar refractivity (Wildman–Crippen MR) is 151 cm³/mol. The number of hydrogen-bond acceptors (Lipinski definition) is 7. The lowest BCUT2D eigenvalue weighted by molar-refractivity contribution is -0.113. The number of carbonyl (C=O) groups is 1. The molecule has 0 spiro atoms. The minimum atomic E-state index is -0.114. The summed E-state index contributed by atoms with van der Waals surface area (Å²) in [5.74, 6) is 1.58. The van der Waals surface area contributed by atoms with Gasteiger partial charge < -0.3 is 9.88 Å². The average Bonchev–Trinajstić information content (AvgIpc) is 3.59. The maximum absolute atomic E-state index is 12.9. The Hall–Kier alpha value is -2.15. The monoisotopic (exact) mass is 541 g/mol. The Bertz CT molecular complexity index is 1260. The van der Waals surface area contributed by atoms with Crippen LogP contribution in [0.1, 0.15) is 74.8 Å². The van der Waals surface area contributed by atoms with Crippen molar-refractivity contribution in [2.24, 2.45) is 11.3 Å². The van der Waals surface area contributed by atoms with Crippen molar-refractivity contribution < 1.29 is 4.79 Å². The SMILES string of the molecule is CCCn1c(SCC(=O)Nc2sc3c(c2C#N)CCC(C(C)(C)CC)C3)nnc1-c1csc(CC)c1. The summed E-state index contributed by atoms with van der Waals surface area (Å²) in [5.41, 5.74) is 3.16. The number of aromatic nitrogens is 3. The maximum atomic E-state index is 12.9. The first-order valence-corrected chi connectivity index (χ1v) is 15.5. The Morgan fingerprint density at radius 3 is 2.81 bits per heavy atom. The van der Waals surface area contributed by atoms with Gasteiger partial charge in [0.25, 0.3) is 0 Å². The lowest BCUT2D eigenvalue weighted by Crippen LogP contribution is -2.28. The molecule has 0 fully saturated rings. The zero-order chi connectivity index (χ0) is 25.9. The topological polar surface area (TPSA) is 83.6 Å². The first-order valence-electron chi connectivity index (χ1n) is 12.8. The molecule has 1 aliphatic rings. The summed E-state index contributed by atoms with van der Waals surface area (Å²) in [4.78, 5) is 15.5. The van der Waals surface area contributed by atoms with E-state index in [1.807, 2.05) is 0 Å². The van der Waals surface area contributed by atoms with Crippen LogP contribution in [0, 0.1) is 22.7 Å². The number of amides is 1. The van der Waals surface area contributed by atoms with Gasteiger partial charge in [0, 0.05) is 27.2 Å². The second-order valence-electron chi connectivity index (χ2n) is 10.1. The van der Waals surface area contributed by atoms with E-state index in [0.717, 1.165) is 67.2 Å². The molecular formula is C27H35N5OS3. The molecule has 1 aliphatic carbocycles. The standard InChI is InChI=1S/C27H35N5OS3/c1-6-11-32-24(17-12-19(7-2)34-15-17)30-31-26(32)35-16-23(33)29-25-21(14-28)20-10-9-18(13-22(20)36-25)27(4,5)8-3/h12,15,18H,6-11,13,16H2,1-5H3,(H,29,33). The molecule has 192 valence electrons. The zero-order valence-corrected chi connectivity index (χ0v) is 24.3. The van der Waals surface area contributed by atoms with Crippen LogP contribution in [0.15, 0.2) is 16.6 Å². The molecule has 1 atom stereocenters. The van der Waals surface area contributed by atoms with Crippen LogP contribution in [0.4, 0.5) is 5.00 Å². The van der Waals surface area contributed by atoms with Crippen LogP contribution < -0.4 is 5.32 Å². The maximum Gasteiger partial charge on any atom is 0.235 e. The van der Waals surface area contributed by atoms with Gasteiger partial charge in [-0.25, -0.2) is 0 Å². The van der Waals surface area contributed by atoms with E-state index in [1.165, 1.54) is 21.5 Å². The predicted octanol–water partition coefficient (Wildman–Crippen LogP) is 7.18.